The highest BCUT2D eigenvalue weighted by molar-refractivity contribution is 7.89. The number of benzene rings is 1. The van der Waals surface area contributed by atoms with E-state index in [1.165, 1.54) is 0 Å². The lowest BCUT2D eigenvalue weighted by molar-refractivity contribution is -0.143. The van der Waals surface area contributed by atoms with Crippen molar-refractivity contribution in [2.24, 2.45) is 5.41 Å². The Morgan fingerprint density at radius 3 is 2.48 bits per heavy atom. The molecule has 0 aliphatic carbocycles. The molecule has 0 spiro atoms. The minimum atomic E-state index is -3.44. The van der Waals surface area contributed by atoms with Crippen molar-refractivity contribution in [2.75, 3.05) is 12.4 Å². The largest absolute Gasteiger partial charge is 0.466 e. The normalized spacial score (nSPS) is 13.1. The van der Waals surface area contributed by atoms with Gasteiger partial charge in [0.25, 0.3) is 0 Å². The van der Waals surface area contributed by atoms with Gasteiger partial charge in [0.15, 0.2) is 0 Å². The second-order valence-electron chi connectivity index (χ2n) is 9.09. The van der Waals surface area contributed by atoms with Gasteiger partial charge in [0, 0.05) is 24.9 Å². The van der Waals surface area contributed by atoms with E-state index in [0.29, 0.717) is 19.4 Å². The van der Waals surface area contributed by atoms with Crippen LogP contribution < -0.4 is 4.72 Å². The first-order valence-corrected chi connectivity index (χ1v) is 12.3. The summed E-state index contributed by atoms with van der Waals surface area (Å²) in [5.41, 5.74) is 3.63. The summed E-state index contributed by atoms with van der Waals surface area (Å²) in [5.74, 6) is -0.184. The van der Waals surface area contributed by atoms with Crippen molar-refractivity contribution in [1.82, 2.24) is 9.71 Å². The van der Waals surface area contributed by atoms with E-state index in [0.717, 1.165) is 22.3 Å². The summed E-state index contributed by atoms with van der Waals surface area (Å²) in [6, 6.07) is 9.56. The molecule has 0 saturated carbocycles. The molecule has 0 bridgehead atoms. The molecule has 0 saturated heterocycles. The van der Waals surface area contributed by atoms with Crippen molar-refractivity contribution in [3.05, 3.63) is 65.0 Å². The van der Waals surface area contributed by atoms with Crippen LogP contribution in [0, 0.1) is 5.41 Å². The Morgan fingerprint density at radius 2 is 1.87 bits per heavy atom. The van der Waals surface area contributed by atoms with Crippen LogP contribution in [0.5, 0.6) is 0 Å². The predicted octanol–water partition coefficient (Wildman–Crippen LogP) is 4.19. The third-order valence-corrected chi connectivity index (χ3v) is 6.57. The van der Waals surface area contributed by atoms with Gasteiger partial charge in [-0.3, -0.25) is 9.78 Å². The molecule has 1 unspecified atom stereocenters. The number of esters is 1. The van der Waals surface area contributed by atoms with Crippen LogP contribution in [0.2, 0.25) is 0 Å². The minimum absolute atomic E-state index is 0.0510. The van der Waals surface area contributed by atoms with Crippen molar-refractivity contribution < 1.29 is 17.9 Å². The van der Waals surface area contributed by atoms with Crippen LogP contribution in [-0.2, 0) is 32.4 Å². The van der Waals surface area contributed by atoms with Gasteiger partial charge in [-0.15, -0.1) is 0 Å². The molecule has 0 aliphatic rings. The minimum Gasteiger partial charge on any atom is -0.466 e. The molecule has 0 radical (unpaired) electrons. The Balaban J connectivity index is 2.27. The van der Waals surface area contributed by atoms with Gasteiger partial charge < -0.3 is 4.74 Å². The van der Waals surface area contributed by atoms with Gasteiger partial charge in [0.1, 0.15) is 0 Å². The highest BCUT2D eigenvalue weighted by Crippen LogP contribution is 2.23. The van der Waals surface area contributed by atoms with Crippen LogP contribution in [0.15, 0.2) is 42.7 Å². The number of hydrogen-bond acceptors (Lipinski definition) is 5. The quantitative estimate of drug-likeness (QED) is 0.553. The van der Waals surface area contributed by atoms with Crippen LogP contribution in [0.25, 0.3) is 0 Å². The van der Waals surface area contributed by atoms with Crippen molar-refractivity contribution >= 4 is 16.0 Å². The Morgan fingerprint density at radius 1 is 1.16 bits per heavy atom. The molecular formula is C24H34N2O4S. The van der Waals surface area contributed by atoms with E-state index in [2.05, 4.69) is 15.8 Å². The van der Waals surface area contributed by atoms with Crippen LogP contribution in [0.4, 0.5) is 0 Å². The Hall–Kier alpha value is -2.25. The number of rotatable bonds is 10. The van der Waals surface area contributed by atoms with Crippen molar-refractivity contribution in [2.45, 2.75) is 59.9 Å². The zero-order valence-electron chi connectivity index (χ0n) is 19.1. The number of nitrogens with zero attached hydrogens (tertiary/aromatic N) is 1. The fourth-order valence-corrected chi connectivity index (χ4v) is 5.35. The summed E-state index contributed by atoms with van der Waals surface area (Å²) >= 11 is 0. The maximum Gasteiger partial charge on any atom is 0.306 e. The van der Waals surface area contributed by atoms with E-state index in [9.17, 15) is 13.2 Å². The molecule has 2 rings (SSSR count). The van der Waals surface area contributed by atoms with Crippen molar-refractivity contribution in [1.29, 1.82) is 0 Å². The van der Waals surface area contributed by atoms with Gasteiger partial charge in [-0.25, -0.2) is 13.1 Å². The van der Waals surface area contributed by atoms with E-state index in [-0.39, 0.29) is 29.6 Å². The van der Waals surface area contributed by atoms with Gasteiger partial charge in [0.05, 0.1) is 12.4 Å². The summed E-state index contributed by atoms with van der Waals surface area (Å²) in [5, 5.41) is 0. The SMILES string of the molecule is CCOC(=O)CCc1cc(Cc2cccnc2)cc(C(C)NS(=O)(=O)CC(C)(C)C)c1. The highest BCUT2D eigenvalue weighted by Gasteiger charge is 2.24. The number of carbonyl (C=O) groups is 1. The smallest absolute Gasteiger partial charge is 0.306 e. The lowest BCUT2D eigenvalue weighted by atomic mass is 9.96. The summed E-state index contributed by atoms with van der Waals surface area (Å²) in [4.78, 5) is 16.0. The van der Waals surface area contributed by atoms with E-state index < -0.39 is 10.0 Å². The molecule has 1 heterocycles. The van der Waals surface area contributed by atoms with E-state index in [1.54, 1.807) is 13.1 Å². The molecule has 2 aromatic rings. The molecule has 31 heavy (non-hydrogen) atoms. The molecule has 0 amide bonds. The predicted molar refractivity (Wildman–Crippen MR) is 123 cm³/mol. The van der Waals surface area contributed by atoms with E-state index in [4.69, 9.17) is 4.74 Å². The van der Waals surface area contributed by atoms with Crippen LogP contribution >= 0.6 is 0 Å². The summed E-state index contributed by atoms with van der Waals surface area (Å²) in [6.45, 7) is 9.70. The molecule has 0 aliphatic heterocycles. The second kappa shape index (κ2) is 10.9. The van der Waals surface area contributed by atoms with E-state index >= 15 is 0 Å². The summed E-state index contributed by atoms with van der Waals surface area (Å²) < 4.78 is 33.0. The Kier molecular flexibility index (Phi) is 8.77. The fourth-order valence-electron chi connectivity index (χ4n) is 3.45. The molecule has 1 aromatic carbocycles. The number of pyridine rings is 1. The molecule has 1 N–H and O–H groups in total. The van der Waals surface area contributed by atoms with Crippen LogP contribution in [0.1, 0.15) is 69.3 Å². The van der Waals surface area contributed by atoms with Gasteiger partial charge >= 0.3 is 5.97 Å². The second-order valence-corrected chi connectivity index (χ2v) is 10.8. The third-order valence-electron chi connectivity index (χ3n) is 4.61. The molecule has 6 nitrogen and oxygen atoms in total. The monoisotopic (exact) mass is 446 g/mol. The standard InChI is InChI=1S/C24H34N2O4S/c1-6-30-23(27)10-9-19-12-21(13-20-8-7-11-25-16-20)15-22(14-19)18(2)26-31(28,29)17-24(3,4)5/h7-8,11-12,14-16,18,26H,6,9-10,13,17H2,1-5H3. The lowest BCUT2D eigenvalue weighted by Gasteiger charge is -2.22. The van der Waals surface area contributed by atoms with Crippen LogP contribution in [0.3, 0.4) is 0 Å². The van der Waals surface area contributed by atoms with Gasteiger partial charge in [-0.1, -0.05) is 45.0 Å². The summed E-state index contributed by atoms with van der Waals surface area (Å²) in [7, 11) is -3.44. The van der Waals surface area contributed by atoms with Gasteiger partial charge in [0.2, 0.25) is 10.0 Å². The molecule has 0 fully saturated rings. The van der Waals surface area contributed by atoms with Gasteiger partial charge in [-0.2, -0.15) is 0 Å². The lowest BCUT2D eigenvalue weighted by Crippen LogP contribution is -2.34. The Labute approximate surface area is 186 Å². The molecule has 7 heteroatoms. The third kappa shape index (κ3) is 9.19. The number of hydrogen-bond donors (Lipinski definition) is 1. The first-order chi connectivity index (χ1) is 14.5. The average Bonchev–Trinajstić information content (AvgIpc) is 2.65. The maximum atomic E-state index is 12.6. The molecular weight excluding hydrogens is 412 g/mol. The molecule has 1 aromatic heterocycles. The van der Waals surface area contributed by atoms with Crippen molar-refractivity contribution in [3.63, 3.8) is 0 Å². The van der Waals surface area contributed by atoms with Crippen LogP contribution in [-0.4, -0.2) is 31.7 Å². The molecule has 170 valence electrons. The number of sulfonamides is 1. The number of aromatic nitrogens is 1. The molecule has 1 atom stereocenters. The number of nitrogens with one attached hydrogen (secondary N) is 1. The zero-order chi connectivity index (χ0) is 23.1. The number of aryl methyl sites for hydroxylation is 1. The first kappa shape index (κ1) is 25.0. The summed E-state index contributed by atoms with van der Waals surface area (Å²) in [6.07, 6.45) is 5.05. The first-order valence-electron chi connectivity index (χ1n) is 10.6. The van der Waals surface area contributed by atoms with Crippen molar-refractivity contribution in [3.8, 4) is 0 Å². The fraction of sp³-hybridized carbons (Fsp3) is 0.500. The topological polar surface area (TPSA) is 85.4 Å². The van der Waals surface area contributed by atoms with Gasteiger partial charge in [-0.05, 0) is 60.4 Å². The average molecular weight is 447 g/mol. The zero-order valence-corrected chi connectivity index (χ0v) is 20.0. The number of carbonyl (C=O) groups excluding carboxylic acids is 1. The Bertz CT molecular complexity index is 967. The highest BCUT2D eigenvalue weighted by atomic mass is 32.2. The maximum absolute atomic E-state index is 12.6. The van der Waals surface area contributed by atoms with E-state index in [1.807, 2.05) is 58.2 Å². The number of ether oxygens (including phenoxy) is 1.